The van der Waals surface area contributed by atoms with E-state index in [1.165, 1.54) is 0 Å². The molecule has 6 aromatic carbocycles. The van der Waals surface area contributed by atoms with Crippen LogP contribution in [0, 0.1) is 13.8 Å². The highest BCUT2D eigenvalue weighted by molar-refractivity contribution is 6.21. The van der Waals surface area contributed by atoms with Gasteiger partial charge in [0.05, 0.1) is 49.0 Å². The van der Waals surface area contributed by atoms with Gasteiger partial charge in [0.15, 0.2) is 0 Å². The zero-order valence-corrected chi connectivity index (χ0v) is 29.4. The van der Waals surface area contributed by atoms with Crippen LogP contribution in [0.4, 0.5) is 0 Å². The van der Waals surface area contributed by atoms with Crippen LogP contribution in [-0.4, -0.2) is 59.2 Å². The number of phenols is 2. The van der Waals surface area contributed by atoms with Crippen molar-refractivity contribution in [3.63, 3.8) is 0 Å². The Balaban J connectivity index is 1.47. The number of aromatic hydroxyl groups is 2. The van der Waals surface area contributed by atoms with Crippen LogP contribution in [-0.2, 0) is 0 Å². The number of hydrogen-bond acceptors (Lipinski definition) is 6. The highest BCUT2D eigenvalue weighted by Gasteiger charge is 2.22. The summed E-state index contributed by atoms with van der Waals surface area (Å²) in [5.41, 5.74) is 10.7. The first-order valence-corrected chi connectivity index (χ1v) is 17.6. The summed E-state index contributed by atoms with van der Waals surface area (Å²) in [7, 11) is 0. The molecule has 6 nitrogen and oxygen atoms in total. The Morgan fingerprint density at radius 1 is 0.346 bits per heavy atom. The Hall–Kier alpha value is -6.40. The molecule has 6 aromatic rings. The molecule has 6 heteroatoms. The van der Waals surface area contributed by atoms with Gasteiger partial charge in [0.25, 0.3) is 0 Å². The molecule has 0 atom stereocenters. The highest BCUT2D eigenvalue weighted by atomic mass is 16.3. The molecule has 0 saturated carbocycles. The standard InChI is InChI=1S/C46H40N4O2/c1-31-27-37-41(33-15-7-3-8-16-33)47-23-25-49-43(35-19-11-5-12-20-35)39-29-32(2)30-40(46(39)52)44(36-21-13-6-14-22-36)50-26-24-48-42(38(28-31)45(37)51)34-17-9-4-10-18-34/h3-22,27-30,51-52H,23-26H2,1-2H3. The van der Waals surface area contributed by atoms with Gasteiger partial charge in [0.1, 0.15) is 11.5 Å². The lowest BCUT2D eigenvalue weighted by molar-refractivity contribution is 0.472. The van der Waals surface area contributed by atoms with Gasteiger partial charge in [-0.3, -0.25) is 20.0 Å². The second-order valence-electron chi connectivity index (χ2n) is 12.8. The second kappa shape index (κ2) is 15.7. The molecule has 1 heterocycles. The van der Waals surface area contributed by atoms with E-state index in [4.69, 9.17) is 20.0 Å². The van der Waals surface area contributed by atoms with E-state index >= 15 is 0 Å². The lowest BCUT2D eigenvalue weighted by Crippen LogP contribution is -2.13. The molecule has 0 radical (unpaired) electrons. The van der Waals surface area contributed by atoms with Crippen molar-refractivity contribution in [3.8, 4) is 11.5 Å². The van der Waals surface area contributed by atoms with Crippen LogP contribution in [0.5, 0.6) is 11.5 Å². The van der Waals surface area contributed by atoms with Gasteiger partial charge < -0.3 is 10.2 Å². The Morgan fingerprint density at radius 2 is 0.558 bits per heavy atom. The fourth-order valence-electron chi connectivity index (χ4n) is 6.64. The SMILES string of the molecule is Cc1cc2c(O)c(c1)C(c1ccccc1)=NCCN=C(c1ccccc1)c1cc(C)cc(c1O)C(c1ccccc1)=NCCN=C2c1ccccc1. The van der Waals surface area contributed by atoms with Gasteiger partial charge >= 0.3 is 0 Å². The van der Waals surface area contributed by atoms with E-state index in [1.54, 1.807) is 0 Å². The van der Waals surface area contributed by atoms with Crippen molar-refractivity contribution in [3.05, 3.63) is 201 Å². The highest BCUT2D eigenvalue weighted by Crippen LogP contribution is 2.32. The maximum Gasteiger partial charge on any atom is 0.134 e. The molecule has 0 aromatic heterocycles. The first-order valence-electron chi connectivity index (χ1n) is 17.6. The Morgan fingerprint density at radius 3 is 0.769 bits per heavy atom. The first-order chi connectivity index (χ1) is 25.5. The Kier molecular flexibility index (Phi) is 10.3. The van der Waals surface area contributed by atoms with Crippen molar-refractivity contribution in [2.75, 3.05) is 26.2 Å². The van der Waals surface area contributed by atoms with Crippen molar-refractivity contribution in [1.82, 2.24) is 0 Å². The molecular formula is C46H40N4O2. The van der Waals surface area contributed by atoms with Crippen molar-refractivity contribution < 1.29 is 10.2 Å². The number of rotatable bonds is 4. The van der Waals surface area contributed by atoms with E-state index in [0.29, 0.717) is 71.3 Å². The maximum absolute atomic E-state index is 12.1. The zero-order chi connectivity index (χ0) is 35.9. The van der Waals surface area contributed by atoms with Gasteiger partial charge in [-0.25, -0.2) is 0 Å². The van der Waals surface area contributed by atoms with Gasteiger partial charge in [0, 0.05) is 44.5 Å². The average molecular weight is 681 g/mol. The summed E-state index contributed by atoms with van der Waals surface area (Å²) in [5, 5.41) is 24.2. The molecule has 0 spiro atoms. The van der Waals surface area contributed by atoms with E-state index < -0.39 is 0 Å². The number of aliphatic imine (C=N–C) groups is 4. The van der Waals surface area contributed by atoms with E-state index in [0.717, 1.165) is 33.4 Å². The monoisotopic (exact) mass is 680 g/mol. The summed E-state index contributed by atoms with van der Waals surface area (Å²) in [6, 6.07) is 47.6. The fraction of sp³-hybridized carbons (Fsp3) is 0.130. The van der Waals surface area contributed by atoms with Crippen LogP contribution in [0.1, 0.15) is 55.6 Å². The molecule has 1 aliphatic rings. The van der Waals surface area contributed by atoms with E-state index in [2.05, 4.69) is 0 Å². The third-order valence-electron chi connectivity index (χ3n) is 9.00. The zero-order valence-electron chi connectivity index (χ0n) is 29.4. The number of nitrogens with zero attached hydrogens (tertiary/aromatic N) is 4. The summed E-state index contributed by atoms with van der Waals surface area (Å²) in [4.78, 5) is 20.4. The summed E-state index contributed by atoms with van der Waals surface area (Å²) in [5.74, 6) is 0.239. The summed E-state index contributed by atoms with van der Waals surface area (Å²) < 4.78 is 0. The molecule has 0 fully saturated rings. The summed E-state index contributed by atoms with van der Waals surface area (Å²) >= 11 is 0. The van der Waals surface area contributed by atoms with Crippen LogP contribution in [0.3, 0.4) is 0 Å². The molecule has 0 unspecified atom stereocenters. The number of benzene rings is 6. The summed E-state index contributed by atoms with van der Waals surface area (Å²) in [6.07, 6.45) is 0. The predicted molar refractivity (Wildman–Crippen MR) is 213 cm³/mol. The van der Waals surface area contributed by atoms with Crippen LogP contribution in [0.2, 0.25) is 0 Å². The minimum Gasteiger partial charge on any atom is -0.507 e. The molecular weight excluding hydrogens is 641 g/mol. The minimum absolute atomic E-state index is 0.120. The smallest absolute Gasteiger partial charge is 0.134 e. The molecule has 52 heavy (non-hydrogen) atoms. The van der Waals surface area contributed by atoms with Crippen LogP contribution in [0.15, 0.2) is 166 Å². The first kappa shape index (κ1) is 34.1. The molecule has 4 bridgehead atoms. The van der Waals surface area contributed by atoms with Crippen LogP contribution >= 0.6 is 0 Å². The van der Waals surface area contributed by atoms with Gasteiger partial charge in [-0.2, -0.15) is 0 Å². The number of fused-ring (bicyclic) bond motifs is 4. The molecule has 2 N–H and O–H groups in total. The van der Waals surface area contributed by atoms with Crippen molar-refractivity contribution >= 4 is 22.8 Å². The number of phenolic OH excluding ortho intramolecular Hbond substituents is 2. The molecule has 0 saturated heterocycles. The minimum atomic E-state index is 0.120. The summed E-state index contributed by atoms with van der Waals surface area (Å²) in [6.45, 7) is 5.44. The molecule has 1 aliphatic heterocycles. The van der Waals surface area contributed by atoms with Crippen molar-refractivity contribution in [2.24, 2.45) is 20.0 Å². The van der Waals surface area contributed by atoms with Gasteiger partial charge in [-0.05, 0) is 49.2 Å². The normalized spacial score (nSPS) is 13.9. The number of hydrogen-bond donors (Lipinski definition) is 2. The molecule has 0 amide bonds. The molecule has 7 rings (SSSR count). The molecule has 256 valence electrons. The number of aryl methyl sites for hydroxylation is 2. The Bertz CT molecular complexity index is 1990. The fourth-order valence-corrected chi connectivity index (χ4v) is 6.64. The lowest BCUT2D eigenvalue weighted by Gasteiger charge is -2.17. The lowest BCUT2D eigenvalue weighted by atomic mass is 9.92. The van der Waals surface area contributed by atoms with Crippen molar-refractivity contribution in [1.29, 1.82) is 0 Å². The van der Waals surface area contributed by atoms with E-state index in [-0.39, 0.29) is 11.5 Å². The van der Waals surface area contributed by atoms with Crippen LogP contribution in [0.25, 0.3) is 0 Å². The Labute approximate surface area is 305 Å². The van der Waals surface area contributed by atoms with E-state index in [1.807, 2.05) is 159 Å². The van der Waals surface area contributed by atoms with E-state index in [9.17, 15) is 10.2 Å². The van der Waals surface area contributed by atoms with Gasteiger partial charge in [-0.15, -0.1) is 0 Å². The third-order valence-corrected chi connectivity index (χ3v) is 9.00. The second-order valence-corrected chi connectivity index (χ2v) is 12.8. The van der Waals surface area contributed by atoms with Crippen molar-refractivity contribution in [2.45, 2.75) is 13.8 Å². The quantitative estimate of drug-likeness (QED) is 0.195. The van der Waals surface area contributed by atoms with Crippen LogP contribution < -0.4 is 0 Å². The molecule has 0 aliphatic carbocycles. The third kappa shape index (κ3) is 7.37. The topological polar surface area (TPSA) is 89.9 Å². The van der Waals surface area contributed by atoms with Gasteiger partial charge in [-0.1, -0.05) is 121 Å². The average Bonchev–Trinajstić information content (AvgIpc) is 3.18. The largest absolute Gasteiger partial charge is 0.507 e. The van der Waals surface area contributed by atoms with Gasteiger partial charge in [0.2, 0.25) is 0 Å². The maximum atomic E-state index is 12.1. The predicted octanol–water partition coefficient (Wildman–Crippen LogP) is 8.78.